The standard InChI is InChI=1S/C14H22N2O/c1-4-16(10-11(2)3)14(17)13(15)12-8-6-5-7-9-12/h5-9,11,13H,4,10,15H2,1-3H3. The predicted molar refractivity (Wildman–Crippen MR) is 70.5 cm³/mol. The van der Waals surface area contributed by atoms with Gasteiger partial charge in [-0.15, -0.1) is 0 Å². The van der Waals surface area contributed by atoms with Crippen LogP contribution in [0.25, 0.3) is 0 Å². The topological polar surface area (TPSA) is 46.3 Å². The van der Waals surface area contributed by atoms with Gasteiger partial charge in [-0.2, -0.15) is 0 Å². The van der Waals surface area contributed by atoms with Crippen molar-refractivity contribution in [3.8, 4) is 0 Å². The van der Waals surface area contributed by atoms with Crippen molar-refractivity contribution in [2.75, 3.05) is 13.1 Å². The first-order valence-electron chi connectivity index (χ1n) is 6.15. The summed E-state index contributed by atoms with van der Waals surface area (Å²) in [5.41, 5.74) is 6.87. The van der Waals surface area contributed by atoms with Gasteiger partial charge in [0.25, 0.3) is 0 Å². The molecule has 1 aromatic carbocycles. The second-order valence-corrected chi connectivity index (χ2v) is 4.66. The minimum atomic E-state index is -0.546. The summed E-state index contributed by atoms with van der Waals surface area (Å²) in [6.45, 7) is 7.65. The summed E-state index contributed by atoms with van der Waals surface area (Å²) in [5.74, 6) is 0.467. The Kier molecular flexibility index (Phi) is 5.16. The maximum atomic E-state index is 12.2. The van der Waals surface area contributed by atoms with Crippen LogP contribution in [0.4, 0.5) is 0 Å². The SMILES string of the molecule is CCN(CC(C)C)C(=O)C(N)c1ccccc1. The molecule has 0 aliphatic rings. The first kappa shape index (κ1) is 13.7. The molecule has 0 spiro atoms. The zero-order chi connectivity index (χ0) is 12.8. The Hall–Kier alpha value is -1.35. The van der Waals surface area contributed by atoms with Gasteiger partial charge < -0.3 is 10.6 Å². The molecule has 0 aliphatic heterocycles. The minimum absolute atomic E-state index is 0.00685. The summed E-state index contributed by atoms with van der Waals surface area (Å²) in [4.78, 5) is 14.0. The molecule has 0 bridgehead atoms. The average Bonchev–Trinajstić information content (AvgIpc) is 2.35. The number of amides is 1. The molecule has 0 fully saturated rings. The molecule has 0 heterocycles. The highest BCUT2D eigenvalue weighted by Gasteiger charge is 2.21. The molecule has 0 radical (unpaired) electrons. The van der Waals surface area contributed by atoms with Crippen LogP contribution < -0.4 is 5.73 Å². The van der Waals surface area contributed by atoms with Crippen LogP contribution in [0.5, 0.6) is 0 Å². The Labute approximate surface area is 104 Å². The number of hydrogen-bond donors (Lipinski definition) is 1. The third-order valence-electron chi connectivity index (χ3n) is 2.70. The fraction of sp³-hybridized carbons (Fsp3) is 0.500. The summed E-state index contributed by atoms with van der Waals surface area (Å²) < 4.78 is 0. The van der Waals surface area contributed by atoms with Gasteiger partial charge in [0.2, 0.25) is 5.91 Å². The van der Waals surface area contributed by atoms with Gasteiger partial charge in [0, 0.05) is 13.1 Å². The highest BCUT2D eigenvalue weighted by molar-refractivity contribution is 5.83. The van der Waals surface area contributed by atoms with E-state index in [9.17, 15) is 4.79 Å². The van der Waals surface area contributed by atoms with Gasteiger partial charge in [0.1, 0.15) is 6.04 Å². The maximum absolute atomic E-state index is 12.2. The van der Waals surface area contributed by atoms with Crippen LogP contribution in [0.15, 0.2) is 30.3 Å². The predicted octanol–water partition coefficient (Wildman–Crippen LogP) is 2.19. The fourth-order valence-corrected chi connectivity index (χ4v) is 1.82. The van der Waals surface area contributed by atoms with E-state index in [2.05, 4.69) is 13.8 Å². The Morgan fingerprint density at radius 2 is 1.88 bits per heavy atom. The van der Waals surface area contributed by atoms with Crippen molar-refractivity contribution in [1.29, 1.82) is 0 Å². The van der Waals surface area contributed by atoms with Crippen LogP contribution in [0, 0.1) is 5.92 Å². The van der Waals surface area contributed by atoms with Crippen molar-refractivity contribution >= 4 is 5.91 Å². The smallest absolute Gasteiger partial charge is 0.244 e. The lowest BCUT2D eigenvalue weighted by molar-refractivity contribution is -0.133. The van der Waals surface area contributed by atoms with Gasteiger partial charge in [-0.3, -0.25) is 4.79 Å². The molecule has 1 unspecified atom stereocenters. The van der Waals surface area contributed by atoms with E-state index in [1.54, 1.807) is 0 Å². The van der Waals surface area contributed by atoms with Crippen LogP contribution in [0.2, 0.25) is 0 Å². The Bertz CT molecular complexity index is 348. The van der Waals surface area contributed by atoms with Crippen LogP contribution in [0.1, 0.15) is 32.4 Å². The fourth-order valence-electron chi connectivity index (χ4n) is 1.82. The number of nitrogens with two attached hydrogens (primary N) is 1. The van der Waals surface area contributed by atoms with Crippen molar-refractivity contribution in [2.24, 2.45) is 11.7 Å². The number of carbonyl (C=O) groups excluding carboxylic acids is 1. The summed E-state index contributed by atoms with van der Waals surface area (Å²) in [6, 6.07) is 8.97. The number of benzene rings is 1. The van der Waals surface area contributed by atoms with Crippen molar-refractivity contribution in [1.82, 2.24) is 4.90 Å². The van der Waals surface area contributed by atoms with Gasteiger partial charge in [-0.1, -0.05) is 44.2 Å². The lowest BCUT2D eigenvalue weighted by Crippen LogP contribution is -2.40. The van der Waals surface area contributed by atoms with Gasteiger partial charge >= 0.3 is 0 Å². The highest BCUT2D eigenvalue weighted by atomic mass is 16.2. The molecule has 3 nitrogen and oxygen atoms in total. The molecule has 0 aliphatic carbocycles. The Balaban J connectivity index is 2.74. The van der Waals surface area contributed by atoms with E-state index in [0.717, 1.165) is 12.1 Å². The molecular formula is C14H22N2O. The third kappa shape index (κ3) is 3.86. The molecule has 1 amide bonds. The molecule has 3 heteroatoms. The van der Waals surface area contributed by atoms with E-state index in [0.29, 0.717) is 12.5 Å². The largest absolute Gasteiger partial charge is 0.341 e. The summed E-state index contributed by atoms with van der Waals surface area (Å²) >= 11 is 0. The summed E-state index contributed by atoms with van der Waals surface area (Å²) in [7, 11) is 0. The number of likely N-dealkylation sites (N-methyl/N-ethyl adjacent to an activating group) is 1. The normalized spacial score (nSPS) is 12.5. The lowest BCUT2D eigenvalue weighted by atomic mass is 10.1. The molecule has 0 aromatic heterocycles. The van der Waals surface area contributed by atoms with Crippen LogP contribution in [-0.4, -0.2) is 23.9 Å². The monoisotopic (exact) mass is 234 g/mol. The Morgan fingerprint density at radius 3 is 2.35 bits per heavy atom. The third-order valence-corrected chi connectivity index (χ3v) is 2.70. The second-order valence-electron chi connectivity index (χ2n) is 4.66. The van der Waals surface area contributed by atoms with Crippen LogP contribution >= 0.6 is 0 Å². The van der Waals surface area contributed by atoms with Crippen molar-refractivity contribution in [3.05, 3.63) is 35.9 Å². The van der Waals surface area contributed by atoms with Crippen molar-refractivity contribution in [2.45, 2.75) is 26.8 Å². The zero-order valence-electron chi connectivity index (χ0n) is 10.9. The second kappa shape index (κ2) is 6.40. The van der Waals surface area contributed by atoms with Crippen molar-refractivity contribution in [3.63, 3.8) is 0 Å². The van der Waals surface area contributed by atoms with Gasteiger partial charge in [-0.05, 0) is 18.4 Å². The van der Waals surface area contributed by atoms with E-state index in [1.165, 1.54) is 0 Å². The summed E-state index contributed by atoms with van der Waals surface area (Å²) in [6.07, 6.45) is 0. The number of nitrogens with zero attached hydrogens (tertiary/aromatic N) is 1. The average molecular weight is 234 g/mol. The van der Waals surface area contributed by atoms with Crippen molar-refractivity contribution < 1.29 is 4.79 Å². The maximum Gasteiger partial charge on any atom is 0.244 e. The first-order chi connectivity index (χ1) is 8.06. The van der Waals surface area contributed by atoms with Gasteiger partial charge in [0.05, 0.1) is 0 Å². The summed E-state index contributed by atoms with van der Waals surface area (Å²) in [5, 5.41) is 0. The Morgan fingerprint density at radius 1 is 1.29 bits per heavy atom. The molecule has 17 heavy (non-hydrogen) atoms. The van der Waals surface area contributed by atoms with Gasteiger partial charge in [-0.25, -0.2) is 0 Å². The number of carbonyl (C=O) groups is 1. The van der Waals surface area contributed by atoms with E-state index < -0.39 is 6.04 Å². The van der Waals surface area contributed by atoms with Crippen LogP contribution in [0.3, 0.4) is 0 Å². The zero-order valence-corrected chi connectivity index (χ0v) is 10.9. The lowest BCUT2D eigenvalue weighted by Gasteiger charge is -2.26. The number of rotatable bonds is 5. The molecule has 0 saturated carbocycles. The molecule has 1 rings (SSSR count). The highest BCUT2D eigenvalue weighted by Crippen LogP contribution is 2.13. The molecule has 1 atom stereocenters. The molecule has 0 saturated heterocycles. The first-order valence-corrected chi connectivity index (χ1v) is 6.15. The minimum Gasteiger partial charge on any atom is -0.341 e. The van der Waals surface area contributed by atoms with E-state index in [4.69, 9.17) is 5.73 Å². The van der Waals surface area contributed by atoms with Gasteiger partial charge in [0.15, 0.2) is 0 Å². The quantitative estimate of drug-likeness (QED) is 0.849. The van der Waals surface area contributed by atoms with Crippen LogP contribution in [-0.2, 0) is 4.79 Å². The molecule has 1 aromatic rings. The molecule has 2 N–H and O–H groups in total. The molecule has 94 valence electrons. The van der Waals surface area contributed by atoms with E-state index in [-0.39, 0.29) is 5.91 Å². The van der Waals surface area contributed by atoms with E-state index >= 15 is 0 Å². The molecular weight excluding hydrogens is 212 g/mol. The number of hydrogen-bond acceptors (Lipinski definition) is 2. The van der Waals surface area contributed by atoms with E-state index in [1.807, 2.05) is 42.2 Å².